The number of benzene rings is 1. The van der Waals surface area contributed by atoms with Crippen molar-refractivity contribution >= 4 is 11.7 Å². The maximum atomic E-state index is 12.0. The maximum absolute atomic E-state index is 12.0. The van der Waals surface area contributed by atoms with Crippen LogP contribution < -0.4 is 5.32 Å². The molecule has 0 aliphatic heterocycles. The molecule has 1 rings (SSSR count). The van der Waals surface area contributed by atoms with Crippen LogP contribution in [-0.2, 0) is 5.41 Å². The lowest BCUT2D eigenvalue weighted by Crippen LogP contribution is -2.41. The fourth-order valence-electron chi connectivity index (χ4n) is 1.92. The topological polar surface area (TPSA) is 52.6 Å². The average Bonchev–Trinajstić information content (AvgIpc) is 2.26. The van der Waals surface area contributed by atoms with Crippen LogP contribution in [0.15, 0.2) is 24.3 Å². The zero-order chi connectivity index (χ0) is 15.6. The molecule has 0 saturated carbocycles. The van der Waals surface area contributed by atoms with Gasteiger partial charge in [-0.05, 0) is 37.0 Å². The molecule has 2 N–H and O–H groups in total. The first-order valence-corrected chi connectivity index (χ1v) is 6.84. The van der Waals surface area contributed by atoms with Gasteiger partial charge in [0.2, 0.25) is 0 Å². The number of amides is 2. The molecule has 4 heteroatoms. The molecule has 0 unspecified atom stereocenters. The number of carbonyl (C=O) groups is 1. The van der Waals surface area contributed by atoms with E-state index < -0.39 is 5.60 Å². The molecule has 0 saturated heterocycles. The first-order chi connectivity index (χ1) is 8.99. The Labute approximate surface area is 121 Å². The van der Waals surface area contributed by atoms with Gasteiger partial charge in [-0.15, -0.1) is 0 Å². The second kappa shape index (κ2) is 5.83. The van der Waals surface area contributed by atoms with Crippen LogP contribution >= 0.6 is 0 Å². The molecule has 0 aliphatic rings. The average molecular weight is 278 g/mol. The summed E-state index contributed by atoms with van der Waals surface area (Å²) in [6.45, 7) is 10.1. The Morgan fingerprint density at radius 1 is 1.15 bits per heavy atom. The van der Waals surface area contributed by atoms with Gasteiger partial charge < -0.3 is 15.3 Å². The quantitative estimate of drug-likeness (QED) is 0.892. The third-order valence-electron chi connectivity index (χ3n) is 2.97. The standard InChI is InChI=1S/C16H26N2O2/c1-15(2,3)12-7-9-13(10-8-12)17-14(19)18(6)11-16(4,5)20/h7-10,20H,11H2,1-6H3,(H,17,19). The Balaban J connectivity index is 2.67. The molecule has 4 nitrogen and oxygen atoms in total. The van der Waals surface area contributed by atoms with Gasteiger partial charge in [0.1, 0.15) is 0 Å². The molecule has 20 heavy (non-hydrogen) atoms. The molecule has 1 aromatic rings. The van der Waals surface area contributed by atoms with Crippen molar-refractivity contribution in [2.24, 2.45) is 0 Å². The molecule has 2 amide bonds. The van der Waals surface area contributed by atoms with Gasteiger partial charge in [0, 0.05) is 12.7 Å². The summed E-state index contributed by atoms with van der Waals surface area (Å²) >= 11 is 0. The Bertz CT molecular complexity index is 453. The second-order valence-electron chi connectivity index (χ2n) is 6.93. The number of anilines is 1. The molecule has 0 heterocycles. The monoisotopic (exact) mass is 278 g/mol. The van der Waals surface area contributed by atoms with E-state index in [0.29, 0.717) is 0 Å². The van der Waals surface area contributed by atoms with Gasteiger partial charge in [0.25, 0.3) is 0 Å². The molecule has 112 valence electrons. The van der Waals surface area contributed by atoms with Crippen molar-refractivity contribution < 1.29 is 9.90 Å². The Hall–Kier alpha value is -1.55. The number of rotatable bonds is 3. The number of nitrogens with one attached hydrogen (secondary N) is 1. The molecular weight excluding hydrogens is 252 g/mol. The summed E-state index contributed by atoms with van der Waals surface area (Å²) < 4.78 is 0. The lowest BCUT2D eigenvalue weighted by molar-refractivity contribution is 0.0550. The number of nitrogens with zero attached hydrogens (tertiary/aromatic N) is 1. The number of aliphatic hydroxyl groups is 1. The van der Waals surface area contributed by atoms with Gasteiger partial charge in [0.15, 0.2) is 0 Å². The second-order valence-corrected chi connectivity index (χ2v) is 6.93. The third-order valence-corrected chi connectivity index (χ3v) is 2.97. The van der Waals surface area contributed by atoms with Crippen LogP contribution in [-0.4, -0.2) is 35.2 Å². The smallest absolute Gasteiger partial charge is 0.321 e. The van der Waals surface area contributed by atoms with Crippen molar-refractivity contribution in [3.8, 4) is 0 Å². The zero-order valence-corrected chi connectivity index (χ0v) is 13.3. The molecule has 1 aromatic carbocycles. The van der Waals surface area contributed by atoms with E-state index in [9.17, 15) is 9.90 Å². The summed E-state index contributed by atoms with van der Waals surface area (Å²) in [5.41, 5.74) is 1.17. The molecule has 0 bridgehead atoms. The van der Waals surface area contributed by atoms with E-state index in [1.54, 1.807) is 20.9 Å². The van der Waals surface area contributed by atoms with Gasteiger partial charge in [-0.2, -0.15) is 0 Å². The first-order valence-electron chi connectivity index (χ1n) is 6.84. The Morgan fingerprint density at radius 2 is 1.65 bits per heavy atom. The van der Waals surface area contributed by atoms with E-state index in [1.807, 2.05) is 24.3 Å². The van der Waals surface area contributed by atoms with Crippen LogP contribution in [0.25, 0.3) is 0 Å². The van der Waals surface area contributed by atoms with Crippen LogP contribution in [0.1, 0.15) is 40.2 Å². The van der Waals surface area contributed by atoms with E-state index in [2.05, 4.69) is 26.1 Å². The first kappa shape index (κ1) is 16.5. The number of likely N-dealkylation sites (N-methyl/N-ethyl adjacent to an activating group) is 1. The van der Waals surface area contributed by atoms with Crippen LogP contribution in [0.2, 0.25) is 0 Å². The maximum Gasteiger partial charge on any atom is 0.321 e. The predicted octanol–water partition coefficient (Wildman–Crippen LogP) is 3.22. The molecule has 0 radical (unpaired) electrons. The SMILES string of the molecule is CN(CC(C)(C)O)C(=O)Nc1ccc(C(C)(C)C)cc1. The summed E-state index contributed by atoms with van der Waals surface area (Å²) in [6, 6.07) is 7.61. The summed E-state index contributed by atoms with van der Waals surface area (Å²) in [5.74, 6) is 0. The molecule has 0 spiro atoms. The minimum Gasteiger partial charge on any atom is -0.389 e. The van der Waals surface area contributed by atoms with Crippen LogP contribution in [0.5, 0.6) is 0 Å². The number of hydrogen-bond acceptors (Lipinski definition) is 2. The minimum atomic E-state index is -0.901. The highest BCUT2D eigenvalue weighted by molar-refractivity contribution is 5.89. The minimum absolute atomic E-state index is 0.0975. The van der Waals surface area contributed by atoms with Crippen molar-refractivity contribution in [3.05, 3.63) is 29.8 Å². The van der Waals surface area contributed by atoms with Crippen LogP contribution in [0.3, 0.4) is 0 Å². The van der Waals surface area contributed by atoms with Crippen molar-refractivity contribution in [1.82, 2.24) is 4.90 Å². The molecule has 0 fully saturated rings. The molecule has 0 aliphatic carbocycles. The van der Waals surface area contributed by atoms with Gasteiger partial charge in [-0.1, -0.05) is 32.9 Å². The zero-order valence-electron chi connectivity index (χ0n) is 13.3. The normalized spacial score (nSPS) is 12.2. The van der Waals surface area contributed by atoms with E-state index >= 15 is 0 Å². The largest absolute Gasteiger partial charge is 0.389 e. The predicted molar refractivity (Wildman–Crippen MR) is 83.1 cm³/mol. The van der Waals surface area contributed by atoms with Gasteiger partial charge >= 0.3 is 6.03 Å². The van der Waals surface area contributed by atoms with Gasteiger partial charge in [-0.3, -0.25) is 0 Å². The van der Waals surface area contributed by atoms with Gasteiger partial charge in [-0.25, -0.2) is 4.79 Å². The molecular formula is C16H26N2O2. The summed E-state index contributed by atoms with van der Waals surface area (Å²) in [5, 5.41) is 12.5. The van der Waals surface area contributed by atoms with Crippen molar-refractivity contribution in [1.29, 1.82) is 0 Å². The molecule has 0 atom stereocenters. The summed E-state index contributed by atoms with van der Waals surface area (Å²) in [4.78, 5) is 13.4. The van der Waals surface area contributed by atoms with E-state index in [4.69, 9.17) is 0 Å². The Morgan fingerprint density at radius 3 is 2.05 bits per heavy atom. The lowest BCUT2D eigenvalue weighted by atomic mass is 9.87. The highest BCUT2D eigenvalue weighted by Gasteiger charge is 2.19. The van der Waals surface area contributed by atoms with Crippen LogP contribution in [0, 0.1) is 0 Å². The van der Waals surface area contributed by atoms with Gasteiger partial charge in [0.05, 0.1) is 12.1 Å². The lowest BCUT2D eigenvalue weighted by Gasteiger charge is -2.26. The fourth-order valence-corrected chi connectivity index (χ4v) is 1.92. The van der Waals surface area contributed by atoms with Crippen molar-refractivity contribution in [2.45, 2.75) is 45.6 Å². The highest BCUT2D eigenvalue weighted by Crippen LogP contribution is 2.23. The fraction of sp³-hybridized carbons (Fsp3) is 0.562. The van der Waals surface area contributed by atoms with Crippen molar-refractivity contribution in [3.63, 3.8) is 0 Å². The van der Waals surface area contributed by atoms with E-state index in [0.717, 1.165) is 5.69 Å². The number of hydrogen-bond donors (Lipinski definition) is 2. The summed E-state index contributed by atoms with van der Waals surface area (Å²) in [6.07, 6.45) is 0. The highest BCUT2D eigenvalue weighted by atomic mass is 16.3. The number of urea groups is 1. The van der Waals surface area contributed by atoms with E-state index in [-0.39, 0.29) is 18.0 Å². The number of carbonyl (C=O) groups excluding carboxylic acids is 1. The summed E-state index contributed by atoms with van der Waals surface area (Å²) in [7, 11) is 1.66. The Kier molecular flexibility index (Phi) is 4.81. The van der Waals surface area contributed by atoms with E-state index in [1.165, 1.54) is 10.5 Å². The molecule has 0 aromatic heterocycles. The van der Waals surface area contributed by atoms with Crippen molar-refractivity contribution in [2.75, 3.05) is 18.9 Å². The van der Waals surface area contributed by atoms with Crippen LogP contribution in [0.4, 0.5) is 10.5 Å². The third kappa shape index (κ3) is 5.21.